The summed E-state index contributed by atoms with van der Waals surface area (Å²) in [6, 6.07) is 13.5. The number of hydrogen-bond donors (Lipinski definition) is 1. The van der Waals surface area contributed by atoms with E-state index < -0.39 is 0 Å². The van der Waals surface area contributed by atoms with Crippen LogP contribution in [-0.2, 0) is 0 Å². The highest BCUT2D eigenvalue weighted by atomic mass is 127. The van der Waals surface area contributed by atoms with Gasteiger partial charge >= 0.3 is 0 Å². The van der Waals surface area contributed by atoms with Crippen molar-refractivity contribution in [2.45, 2.75) is 0 Å². The molecule has 16 heavy (non-hydrogen) atoms. The van der Waals surface area contributed by atoms with Gasteiger partial charge in [0.1, 0.15) is 5.82 Å². The lowest BCUT2D eigenvalue weighted by molar-refractivity contribution is 1.29. The van der Waals surface area contributed by atoms with Gasteiger partial charge in [-0.3, -0.25) is 0 Å². The van der Waals surface area contributed by atoms with Crippen molar-refractivity contribution in [3.05, 3.63) is 51.7 Å². The molecule has 0 saturated heterocycles. The molecule has 4 heteroatoms. The van der Waals surface area contributed by atoms with E-state index in [9.17, 15) is 0 Å². The summed E-state index contributed by atoms with van der Waals surface area (Å²) in [7, 11) is 0. The fourth-order valence-electron chi connectivity index (χ4n) is 1.25. The van der Waals surface area contributed by atoms with Gasteiger partial charge in [0.05, 0.1) is 11.6 Å². The van der Waals surface area contributed by atoms with Crippen LogP contribution in [-0.4, -0.2) is 4.98 Å². The smallest absolute Gasteiger partial charge is 0.131 e. The summed E-state index contributed by atoms with van der Waals surface area (Å²) in [5.74, 6) is 0.681. The average molecular weight is 321 g/mol. The van der Waals surface area contributed by atoms with E-state index in [4.69, 9.17) is 5.26 Å². The number of halogens is 1. The number of nitrogens with one attached hydrogen (secondary N) is 1. The Morgan fingerprint density at radius 1 is 1.19 bits per heavy atom. The maximum atomic E-state index is 8.76. The monoisotopic (exact) mass is 321 g/mol. The van der Waals surface area contributed by atoms with Crippen molar-refractivity contribution < 1.29 is 0 Å². The van der Waals surface area contributed by atoms with Gasteiger partial charge in [0.25, 0.3) is 0 Å². The Hall–Kier alpha value is -1.61. The predicted octanol–water partition coefficient (Wildman–Crippen LogP) is 3.30. The average Bonchev–Trinajstić information content (AvgIpc) is 2.32. The van der Waals surface area contributed by atoms with Crippen molar-refractivity contribution in [3.63, 3.8) is 0 Å². The molecule has 0 unspecified atom stereocenters. The Labute approximate surface area is 107 Å². The number of anilines is 2. The maximum Gasteiger partial charge on any atom is 0.131 e. The van der Waals surface area contributed by atoms with Crippen molar-refractivity contribution in [2.75, 3.05) is 5.32 Å². The summed E-state index contributed by atoms with van der Waals surface area (Å²) in [5, 5.41) is 11.9. The van der Waals surface area contributed by atoms with Crippen molar-refractivity contribution in [1.29, 1.82) is 5.26 Å². The second-order valence-corrected chi connectivity index (χ2v) is 4.42. The highest BCUT2D eigenvalue weighted by Gasteiger charge is 1.97. The normalized spacial score (nSPS) is 9.50. The Kier molecular flexibility index (Phi) is 3.37. The minimum absolute atomic E-state index is 0.600. The van der Waals surface area contributed by atoms with Gasteiger partial charge in [-0.1, -0.05) is 0 Å². The Morgan fingerprint density at radius 3 is 2.62 bits per heavy atom. The minimum atomic E-state index is 0.600. The third-order valence-electron chi connectivity index (χ3n) is 2.01. The molecule has 78 valence electrons. The lowest BCUT2D eigenvalue weighted by atomic mass is 10.3. The van der Waals surface area contributed by atoms with E-state index >= 15 is 0 Å². The fourth-order valence-corrected chi connectivity index (χ4v) is 1.61. The minimum Gasteiger partial charge on any atom is -0.340 e. The first-order chi connectivity index (χ1) is 7.78. The maximum absolute atomic E-state index is 8.76. The summed E-state index contributed by atoms with van der Waals surface area (Å²) in [6.07, 6.45) is 1.62. The molecule has 0 saturated carbocycles. The summed E-state index contributed by atoms with van der Waals surface area (Å²) < 4.78 is 1.18. The highest BCUT2D eigenvalue weighted by molar-refractivity contribution is 14.1. The number of benzene rings is 1. The van der Waals surface area contributed by atoms with Crippen molar-refractivity contribution in [3.8, 4) is 6.07 Å². The molecular weight excluding hydrogens is 313 g/mol. The molecule has 0 amide bonds. The van der Waals surface area contributed by atoms with Crippen LogP contribution < -0.4 is 5.32 Å². The first-order valence-electron chi connectivity index (χ1n) is 4.67. The van der Waals surface area contributed by atoms with Crippen molar-refractivity contribution in [2.24, 2.45) is 0 Å². The lowest BCUT2D eigenvalue weighted by Gasteiger charge is -2.05. The number of nitriles is 1. The largest absolute Gasteiger partial charge is 0.340 e. The zero-order valence-corrected chi connectivity index (χ0v) is 10.5. The number of hydrogen-bond acceptors (Lipinski definition) is 3. The van der Waals surface area contributed by atoms with E-state index in [2.05, 4.69) is 39.0 Å². The Morgan fingerprint density at radius 2 is 1.94 bits per heavy atom. The zero-order chi connectivity index (χ0) is 11.4. The first-order valence-corrected chi connectivity index (χ1v) is 5.74. The van der Waals surface area contributed by atoms with Gasteiger partial charge in [-0.05, 0) is 59.0 Å². The van der Waals surface area contributed by atoms with Gasteiger partial charge in [0.15, 0.2) is 0 Å². The van der Waals surface area contributed by atoms with E-state index in [-0.39, 0.29) is 0 Å². The van der Waals surface area contributed by atoms with E-state index in [1.807, 2.05) is 24.3 Å². The second kappa shape index (κ2) is 4.94. The quantitative estimate of drug-likeness (QED) is 0.864. The van der Waals surface area contributed by atoms with Crippen LogP contribution in [0.15, 0.2) is 42.6 Å². The summed E-state index contributed by atoms with van der Waals surface area (Å²) in [4.78, 5) is 4.14. The molecule has 2 aromatic rings. The summed E-state index contributed by atoms with van der Waals surface area (Å²) >= 11 is 2.25. The van der Waals surface area contributed by atoms with Crippen LogP contribution in [0.3, 0.4) is 0 Å². The molecule has 1 aromatic heterocycles. The van der Waals surface area contributed by atoms with Crippen LogP contribution in [0.25, 0.3) is 0 Å². The van der Waals surface area contributed by atoms with Crippen molar-refractivity contribution in [1.82, 2.24) is 4.98 Å². The molecule has 0 spiro atoms. The molecule has 0 aliphatic carbocycles. The van der Waals surface area contributed by atoms with Crippen LogP contribution in [0.5, 0.6) is 0 Å². The number of rotatable bonds is 2. The van der Waals surface area contributed by atoms with Gasteiger partial charge in [-0.25, -0.2) is 4.98 Å². The summed E-state index contributed by atoms with van der Waals surface area (Å²) in [6.45, 7) is 0. The molecule has 0 bridgehead atoms. The molecule has 0 aliphatic heterocycles. The zero-order valence-electron chi connectivity index (χ0n) is 8.31. The third-order valence-corrected chi connectivity index (χ3v) is 2.72. The molecule has 1 aromatic carbocycles. The molecule has 0 aliphatic rings. The Bertz CT molecular complexity index is 529. The van der Waals surface area contributed by atoms with Gasteiger partial charge in [-0.15, -0.1) is 0 Å². The molecule has 1 N–H and O–H groups in total. The van der Waals surface area contributed by atoms with E-state index in [1.54, 1.807) is 18.3 Å². The molecule has 3 nitrogen and oxygen atoms in total. The molecule has 0 fully saturated rings. The van der Waals surface area contributed by atoms with E-state index in [0.29, 0.717) is 11.4 Å². The first kappa shape index (κ1) is 10.9. The van der Waals surface area contributed by atoms with Gasteiger partial charge in [0, 0.05) is 15.5 Å². The Balaban J connectivity index is 2.21. The number of aromatic nitrogens is 1. The van der Waals surface area contributed by atoms with Crippen LogP contribution in [0.4, 0.5) is 11.5 Å². The molecular formula is C12H8IN3. The topological polar surface area (TPSA) is 48.7 Å². The van der Waals surface area contributed by atoms with Gasteiger partial charge < -0.3 is 5.32 Å². The summed E-state index contributed by atoms with van der Waals surface area (Å²) in [5.41, 5.74) is 1.56. The van der Waals surface area contributed by atoms with Crippen molar-refractivity contribution >= 4 is 34.1 Å². The predicted molar refractivity (Wildman–Crippen MR) is 71.4 cm³/mol. The molecule has 2 rings (SSSR count). The van der Waals surface area contributed by atoms with E-state index in [0.717, 1.165) is 5.69 Å². The van der Waals surface area contributed by atoms with Crippen LogP contribution in [0.2, 0.25) is 0 Å². The van der Waals surface area contributed by atoms with Gasteiger partial charge in [-0.2, -0.15) is 5.26 Å². The van der Waals surface area contributed by atoms with Crippen LogP contribution >= 0.6 is 22.6 Å². The lowest BCUT2D eigenvalue weighted by Crippen LogP contribution is -1.93. The second-order valence-electron chi connectivity index (χ2n) is 3.17. The molecule has 0 radical (unpaired) electrons. The van der Waals surface area contributed by atoms with Gasteiger partial charge in [0.2, 0.25) is 0 Å². The highest BCUT2D eigenvalue weighted by Crippen LogP contribution is 2.16. The van der Waals surface area contributed by atoms with Crippen LogP contribution in [0, 0.1) is 14.9 Å². The van der Waals surface area contributed by atoms with E-state index in [1.165, 1.54) is 3.57 Å². The number of pyridine rings is 1. The standard InChI is InChI=1S/C12H8IN3/c13-10-1-3-11(4-2-10)16-12-7-9(8-14)5-6-15-12/h1-7H,(H,15,16). The third kappa shape index (κ3) is 2.70. The molecule has 0 atom stereocenters. The fraction of sp³-hybridized carbons (Fsp3) is 0. The number of nitrogens with zero attached hydrogens (tertiary/aromatic N) is 2. The molecule has 1 heterocycles. The SMILES string of the molecule is N#Cc1ccnc(Nc2ccc(I)cc2)c1. The van der Waals surface area contributed by atoms with Crippen LogP contribution in [0.1, 0.15) is 5.56 Å².